The predicted molar refractivity (Wildman–Crippen MR) is 66.0 cm³/mol. The van der Waals surface area contributed by atoms with Crippen LogP contribution in [0.3, 0.4) is 0 Å². The molecule has 1 aromatic rings. The number of anilines is 1. The molecule has 1 aliphatic heterocycles. The smallest absolute Gasteiger partial charge is 0.161 e. The topological polar surface area (TPSA) is 72.9 Å². The average Bonchev–Trinajstić information content (AvgIpc) is 2.38. The Kier molecular flexibility index (Phi) is 3.45. The number of rotatable bonds is 1. The highest BCUT2D eigenvalue weighted by molar-refractivity contribution is 5.62. The standard InChI is InChI=1S/C13H14N4O/c1-9-5-13(12(7-15)10(2)16-9)17-3-4-18-11(6-14)8-17/h5,11H,3-4,8H2,1-2H3. The molecule has 1 aliphatic rings. The van der Waals surface area contributed by atoms with Gasteiger partial charge in [-0.3, -0.25) is 4.98 Å². The van der Waals surface area contributed by atoms with Crippen molar-refractivity contribution in [2.75, 3.05) is 24.6 Å². The van der Waals surface area contributed by atoms with Gasteiger partial charge in [0, 0.05) is 12.2 Å². The molecule has 0 amide bonds. The maximum Gasteiger partial charge on any atom is 0.161 e. The molecule has 18 heavy (non-hydrogen) atoms. The highest BCUT2D eigenvalue weighted by Gasteiger charge is 2.23. The Bertz CT molecular complexity index is 541. The van der Waals surface area contributed by atoms with E-state index in [0.717, 1.165) is 17.1 Å². The number of hydrogen-bond donors (Lipinski definition) is 0. The summed E-state index contributed by atoms with van der Waals surface area (Å²) >= 11 is 0. The van der Waals surface area contributed by atoms with E-state index in [-0.39, 0.29) is 0 Å². The lowest BCUT2D eigenvalue weighted by molar-refractivity contribution is 0.0764. The Labute approximate surface area is 106 Å². The Morgan fingerprint density at radius 3 is 2.89 bits per heavy atom. The fourth-order valence-corrected chi connectivity index (χ4v) is 2.14. The van der Waals surface area contributed by atoms with Gasteiger partial charge in [-0.05, 0) is 19.9 Å². The van der Waals surface area contributed by atoms with Crippen molar-refractivity contribution in [1.82, 2.24) is 4.98 Å². The van der Waals surface area contributed by atoms with E-state index in [2.05, 4.69) is 17.1 Å². The molecule has 0 saturated carbocycles. The van der Waals surface area contributed by atoms with Crippen molar-refractivity contribution in [2.24, 2.45) is 0 Å². The van der Waals surface area contributed by atoms with E-state index in [9.17, 15) is 5.26 Å². The second-order valence-electron chi connectivity index (χ2n) is 4.29. The normalized spacial score (nSPS) is 19.1. The molecule has 0 aromatic carbocycles. The molecule has 92 valence electrons. The van der Waals surface area contributed by atoms with Crippen LogP contribution in [-0.2, 0) is 4.74 Å². The minimum Gasteiger partial charge on any atom is -0.364 e. The van der Waals surface area contributed by atoms with Crippen molar-refractivity contribution in [3.05, 3.63) is 23.0 Å². The lowest BCUT2D eigenvalue weighted by Gasteiger charge is -2.32. The molecule has 0 N–H and O–H groups in total. The number of nitriles is 2. The van der Waals surface area contributed by atoms with Gasteiger partial charge in [-0.1, -0.05) is 0 Å². The summed E-state index contributed by atoms with van der Waals surface area (Å²) in [5, 5.41) is 18.1. The van der Waals surface area contributed by atoms with Crippen molar-refractivity contribution in [2.45, 2.75) is 20.0 Å². The van der Waals surface area contributed by atoms with Crippen LogP contribution in [0.25, 0.3) is 0 Å². The van der Waals surface area contributed by atoms with E-state index in [1.807, 2.05) is 24.8 Å². The van der Waals surface area contributed by atoms with Gasteiger partial charge in [0.25, 0.3) is 0 Å². The highest BCUT2D eigenvalue weighted by atomic mass is 16.5. The number of aromatic nitrogens is 1. The predicted octanol–water partition coefficient (Wildman–Crippen LogP) is 1.30. The summed E-state index contributed by atoms with van der Waals surface area (Å²) in [6.07, 6.45) is -0.431. The Hall–Kier alpha value is -2.11. The van der Waals surface area contributed by atoms with E-state index >= 15 is 0 Å². The highest BCUT2D eigenvalue weighted by Crippen LogP contribution is 2.25. The molecule has 1 unspecified atom stereocenters. The van der Waals surface area contributed by atoms with Crippen molar-refractivity contribution in [1.29, 1.82) is 10.5 Å². The SMILES string of the molecule is Cc1cc(N2CCOC(C#N)C2)c(C#N)c(C)n1. The molecule has 0 bridgehead atoms. The Morgan fingerprint density at radius 1 is 1.44 bits per heavy atom. The molecule has 1 fully saturated rings. The molecule has 1 aromatic heterocycles. The lowest BCUT2D eigenvalue weighted by Crippen LogP contribution is -2.42. The van der Waals surface area contributed by atoms with E-state index in [1.54, 1.807) is 0 Å². The molecule has 0 radical (unpaired) electrons. The first-order valence-corrected chi connectivity index (χ1v) is 5.80. The van der Waals surface area contributed by atoms with Crippen molar-refractivity contribution in [3.8, 4) is 12.1 Å². The summed E-state index contributed by atoms with van der Waals surface area (Å²) < 4.78 is 5.31. The fourth-order valence-electron chi connectivity index (χ4n) is 2.14. The van der Waals surface area contributed by atoms with E-state index in [0.29, 0.717) is 25.3 Å². The number of morpholine rings is 1. The van der Waals surface area contributed by atoms with Crippen molar-refractivity contribution < 1.29 is 4.74 Å². The molecule has 1 saturated heterocycles. The van der Waals surface area contributed by atoms with Gasteiger partial charge in [0.2, 0.25) is 0 Å². The van der Waals surface area contributed by atoms with Crippen LogP contribution in [0.1, 0.15) is 17.0 Å². The average molecular weight is 242 g/mol. The van der Waals surface area contributed by atoms with E-state index in [1.165, 1.54) is 0 Å². The molecule has 1 atom stereocenters. The molecule has 5 heteroatoms. The zero-order valence-electron chi connectivity index (χ0n) is 10.5. The molecule has 5 nitrogen and oxygen atoms in total. The summed E-state index contributed by atoms with van der Waals surface area (Å²) in [5.41, 5.74) is 3.04. The quantitative estimate of drug-likeness (QED) is 0.742. The number of aryl methyl sites for hydroxylation is 2. The van der Waals surface area contributed by atoms with Gasteiger partial charge >= 0.3 is 0 Å². The van der Waals surface area contributed by atoms with Gasteiger partial charge in [0.1, 0.15) is 6.07 Å². The third kappa shape index (κ3) is 2.27. The molecule has 2 rings (SSSR count). The molecule has 2 heterocycles. The van der Waals surface area contributed by atoms with Gasteiger partial charge < -0.3 is 9.64 Å². The zero-order valence-corrected chi connectivity index (χ0v) is 10.5. The summed E-state index contributed by atoms with van der Waals surface area (Å²) in [5.74, 6) is 0. The van der Waals surface area contributed by atoms with E-state index < -0.39 is 6.10 Å². The zero-order chi connectivity index (χ0) is 13.1. The van der Waals surface area contributed by atoms with Gasteiger partial charge in [-0.2, -0.15) is 10.5 Å². The van der Waals surface area contributed by atoms with Crippen molar-refractivity contribution >= 4 is 5.69 Å². The summed E-state index contributed by atoms with van der Waals surface area (Å²) in [6, 6.07) is 6.20. The van der Waals surface area contributed by atoms with Crippen LogP contribution in [-0.4, -0.2) is 30.8 Å². The van der Waals surface area contributed by atoms with Crippen LogP contribution < -0.4 is 4.90 Å². The minimum absolute atomic E-state index is 0.431. The first-order valence-electron chi connectivity index (χ1n) is 5.80. The van der Waals surface area contributed by atoms with E-state index in [4.69, 9.17) is 10.00 Å². The summed E-state index contributed by atoms with van der Waals surface area (Å²) in [6.45, 7) is 5.42. The van der Waals surface area contributed by atoms with Crippen LogP contribution >= 0.6 is 0 Å². The maximum absolute atomic E-state index is 9.23. The lowest BCUT2D eigenvalue weighted by atomic mass is 10.1. The third-order valence-electron chi connectivity index (χ3n) is 2.97. The number of nitrogens with zero attached hydrogens (tertiary/aromatic N) is 4. The fraction of sp³-hybridized carbons (Fsp3) is 0.462. The number of pyridine rings is 1. The third-order valence-corrected chi connectivity index (χ3v) is 2.97. The van der Waals surface area contributed by atoms with Gasteiger partial charge in [0.15, 0.2) is 6.10 Å². The van der Waals surface area contributed by atoms with Crippen LogP contribution in [0, 0.1) is 36.5 Å². The first kappa shape index (κ1) is 12.3. The molecular weight excluding hydrogens is 228 g/mol. The Balaban J connectivity index is 2.39. The number of hydrogen-bond acceptors (Lipinski definition) is 5. The molecule has 0 aliphatic carbocycles. The first-order chi connectivity index (χ1) is 8.65. The molecule has 0 spiro atoms. The van der Waals surface area contributed by atoms with Crippen LogP contribution in [0.2, 0.25) is 0 Å². The second-order valence-corrected chi connectivity index (χ2v) is 4.29. The Morgan fingerprint density at radius 2 is 2.22 bits per heavy atom. The summed E-state index contributed by atoms with van der Waals surface area (Å²) in [7, 11) is 0. The van der Waals surface area contributed by atoms with Crippen LogP contribution in [0.15, 0.2) is 6.07 Å². The van der Waals surface area contributed by atoms with Gasteiger partial charge in [-0.15, -0.1) is 0 Å². The van der Waals surface area contributed by atoms with Crippen LogP contribution in [0.5, 0.6) is 0 Å². The largest absolute Gasteiger partial charge is 0.364 e. The van der Waals surface area contributed by atoms with Gasteiger partial charge in [0.05, 0.1) is 36.2 Å². The maximum atomic E-state index is 9.23. The number of ether oxygens (including phenoxy) is 1. The second kappa shape index (κ2) is 5.03. The monoisotopic (exact) mass is 242 g/mol. The van der Waals surface area contributed by atoms with Crippen LogP contribution in [0.4, 0.5) is 5.69 Å². The van der Waals surface area contributed by atoms with Crippen molar-refractivity contribution in [3.63, 3.8) is 0 Å². The molecular formula is C13H14N4O. The minimum atomic E-state index is -0.431. The van der Waals surface area contributed by atoms with Gasteiger partial charge in [-0.25, -0.2) is 0 Å². The summed E-state index contributed by atoms with van der Waals surface area (Å²) in [4.78, 5) is 6.32.